The van der Waals surface area contributed by atoms with Crippen molar-refractivity contribution in [2.24, 2.45) is 10.9 Å². The summed E-state index contributed by atoms with van der Waals surface area (Å²) in [5.74, 6) is 5.67. The highest BCUT2D eigenvalue weighted by atomic mass is 16.6. The fraction of sp³-hybridized carbons (Fsp3) is 0.222. The van der Waals surface area contributed by atoms with E-state index in [9.17, 15) is 10.1 Å². The highest BCUT2D eigenvalue weighted by Crippen LogP contribution is 2.14. The molecule has 0 aliphatic carbocycles. The van der Waals surface area contributed by atoms with Gasteiger partial charge in [-0.05, 0) is 0 Å². The van der Waals surface area contributed by atoms with Crippen LogP contribution in [0.15, 0.2) is 29.4 Å². The molecule has 0 amide bonds. The van der Waals surface area contributed by atoms with Crippen LogP contribution in [-0.4, -0.2) is 29.9 Å². The van der Waals surface area contributed by atoms with Gasteiger partial charge >= 0.3 is 0 Å². The highest BCUT2D eigenvalue weighted by Gasteiger charge is 2.12. The molecule has 0 atom stereocenters. The van der Waals surface area contributed by atoms with Crippen LogP contribution < -0.4 is 11.3 Å². The SMILES string of the molecule is CNN(C)/C(=N/N)c1cccc([N+](=O)[O-])c1. The number of hydrogen-bond donors (Lipinski definition) is 2. The van der Waals surface area contributed by atoms with Gasteiger partial charge in [0.25, 0.3) is 5.69 Å². The second-order valence-corrected chi connectivity index (χ2v) is 3.04. The maximum Gasteiger partial charge on any atom is 0.270 e. The average molecular weight is 223 g/mol. The number of benzene rings is 1. The summed E-state index contributed by atoms with van der Waals surface area (Å²) in [6.07, 6.45) is 0. The molecule has 0 saturated carbocycles. The van der Waals surface area contributed by atoms with Crippen molar-refractivity contribution in [1.82, 2.24) is 10.4 Å². The Hall–Kier alpha value is -2.15. The third kappa shape index (κ3) is 2.45. The lowest BCUT2D eigenvalue weighted by molar-refractivity contribution is -0.384. The van der Waals surface area contributed by atoms with Crippen LogP contribution in [0.25, 0.3) is 0 Å². The van der Waals surface area contributed by atoms with Crippen molar-refractivity contribution in [3.05, 3.63) is 39.9 Å². The Morgan fingerprint density at radius 3 is 2.81 bits per heavy atom. The molecule has 0 spiro atoms. The number of hydrazine groups is 1. The first-order chi connectivity index (χ1) is 7.60. The van der Waals surface area contributed by atoms with E-state index in [4.69, 9.17) is 5.84 Å². The zero-order valence-electron chi connectivity index (χ0n) is 9.04. The summed E-state index contributed by atoms with van der Waals surface area (Å²) in [4.78, 5) is 10.1. The van der Waals surface area contributed by atoms with Crippen molar-refractivity contribution in [3.8, 4) is 0 Å². The van der Waals surface area contributed by atoms with E-state index < -0.39 is 4.92 Å². The van der Waals surface area contributed by atoms with Gasteiger partial charge in [-0.1, -0.05) is 12.1 Å². The van der Waals surface area contributed by atoms with Gasteiger partial charge in [-0.25, -0.2) is 5.43 Å². The van der Waals surface area contributed by atoms with Crippen LogP contribution in [0.5, 0.6) is 0 Å². The Kier molecular flexibility index (Phi) is 3.78. The van der Waals surface area contributed by atoms with E-state index in [1.165, 1.54) is 12.1 Å². The Morgan fingerprint density at radius 1 is 1.62 bits per heavy atom. The molecule has 0 aromatic heterocycles. The molecule has 0 aliphatic rings. The summed E-state index contributed by atoms with van der Waals surface area (Å²) < 4.78 is 0. The van der Waals surface area contributed by atoms with E-state index in [2.05, 4.69) is 10.5 Å². The predicted octanol–water partition coefficient (Wildman–Crippen LogP) is 0.281. The highest BCUT2D eigenvalue weighted by molar-refractivity contribution is 5.98. The molecule has 0 unspecified atom stereocenters. The molecule has 7 heteroatoms. The van der Waals surface area contributed by atoms with Crippen molar-refractivity contribution < 1.29 is 4.92 Å². The van der Waals surface area contributed by atoms with Crippen molar-refractivity contribution in [1.29, 1.82) is 0 Å². The Morgan fingerprint density at radius 2 is 2.31 bits per heavy atom. The van der Waals surface area contributed by atoms with Crippen LogP contribution in [0.3, 0.4) is 0 Å². The third-order valence-corrected chi connectivity index (χ3v) is 2.09. The van der Waals surface area contributed by atoms with Gasteiger partial charge in [0.15, 0.2) is 5.84 Å². The van der Waals surface area contributed by atoms with Gasteiger partial charge in [-0.15, -0.1) is 0 Å². The first kappa shape index (κ1) is 11.9. The van der Waals surface area contributed by atoms with Crippen LogP contribution in [0.2, 0.25) is 0 Å². The van der Waals surface area contributed by atoms with E-state index in [0.29, 0.717) is 11.4 Å². The average Bonchev–Trinajstić information content (AvgIpc) is 2.30. The first-order valence-corrected chi connectivity index (χ1v) is 4.54. The molecular formula is C9H13N5O2. The smallest absolute Gasteiger partial charge is 0.270 e. The molecule has 1 aromatic carbocycles. The van der Waals surface area contributed by atoms with Gasteiger partial charge < -0.3 is 5.84 Å². The minimum atomic E-state index is -0.461. The van der Waals surface area contributed by atoms with Gasteiger partial charge in [0.1, 0.15) is 0 Å². The second kappa shape index (κ2) is 5.08. The molecule has 0 heterocycles. The van der Waals surface area contributed by atoms with Crippen molar-refractivity contribution >= 4 is 11.5 Å². The molecular weight excluding hydrogens is 210 g/mol. The summed E-state index contributed by atoms with van der Waals surface area (Å²) in [5, 5.41) is 15.8. The monoisotopic (exact) mass is 223 g/mol. The van der Waals surface area contributed by atoms with Crippen molar-refractivity contribution in [2.75, 3.05) is 14.1 Å². The van der Waals surface area contributed by atoms with Crippen molar-refractivity contribution in [3.63, 3.8) is 0 Å². The summed E-state index contributed by atoms with van der Waals surface area (Å²) in [6.45, 7) is 0. The molecule has 3 N–H and O–H groups in total. The molecule has 1 rings (SSSR count). The van der Waals surface area contributed by atoms with Gasteiger partial charge in [-0.3, -0.25) is 15.1 Å². The maximum absolute atomic E-state index is 10.6. The standard InChI is InChI=1S/C9H13N5O2/c1-11-13(2)9(12-10)7-4-3-5-8(6-7)14(15)16/h3-6,11H,10H2,1-2H3/b12-9+. The summed E-state index contributed by atoms with van der Waals surface area (Å²) in [7, 11) is 3.41. The van der Waals surface area contributed by atoms with Crippen LogP contribution in [0, 0.1) is 10.1 Å². The number of nitrogens with zero attached hydrogens (tertiary/aromatic N) is 3. The lowest BCUT2D eigenvalue weighted by atomic mass is 10.2. The molecule has 0 saturated heterocycles. The van der Waals surface area contributed by atoms with E-state index in [0.717, 1.165) is 0 Å². The number of non-ortho nitro benzene ring substituents is 1. The first-order valence-electron chi connectivity index (χ1n) is 4.54. The molecule has 0 aliphatic heterocycles. The van der Waals surface area contributed by atoms with Crippen LogP contribution in [0.4, 0.5) is 5.69 Å². The number of nitrogens with one attached hydrogen (secondary N) is 1. The van der Waals surface area contributed by atoms with Crippen LogP contribution in [-0.2, 0) is 0 Å². The molecule has 1 aromatic rings. The van der Waals surface area contributed by atoms with Gasteiger partial charge in [0.05, 0.1) is 4.92 Å². The van der Waals surface area contributed by atoms with Crippen LogP contribution >= 0.6 is 0 Å². The Bertz CT molecular complexity index is 418. The summed E-state index contributed by atoms with van der Waals surface area (Å²) >= 11 is 0. The number of amidine groups is 1. The van der Waals surface area contributed by atoms with E-state index in [-0.39, 0.29) is 5.69 Å². The fourth-order valence-electron chi connectivity index (χ4n) is 1.22. The van der Waals surface area contributed by atoms with E-state index >= 15 is 0 Å². The minimum Gasteiger partial charge on any atom is -0.321 e. The topological polar surface area (TPSA) is 96.8 Å². The third-order valence-electron chi connectivity index (χ3n) is 2.09. The number of hydrogen-bond acceptors (Lipinski definition) is 5. The molecule has 0 bridgehead atoms. The van der Waals surface area contributed by atoms with Crippen molar-refractivity contribution in [2.45, 2.75) is 0 Å². The summed E-state index contributed by atoms with van der Waals surface area (Å²) in [6, 6.07) is 6.12. The predicted molar refractivity (Wildman–Crippen MR) is 60.6 cm³/mol. The number of hydrazone groups is 1. The Labute approximate surface area is 92.7 Å². The van der Waals surface area contributed by atoms with Gasteiger partial charge in [0, 0.05) is 31.8 Å². The minimum absolute atomic E-state index is 0.00292. The second-order valence-electron chi connectivity index (χ2n) is 3.04. The number of nitro benzene ring substituents is 1. The fourth-order valence-corrected chi connectivity index (χ4v) is 1.22. The normalized spacial score (nSPS) is 11.2. The Balaban J connectivity index is 3.12. The lowest BCUT2D eigenvalue weighted by Crippen LogP contribution is -2.38. The van der Waals surface area contributed by atoms with E-state index in [1.54, 1.807) is 31.2 Å². The molecule has 0 fully saturated rings. The molecule has 16 heavy (non-hydrogen) atoms. The number of nitrogens with two attached hydrogens (primary N) is 1. The largest absolute Gasteiger partial charge is 0.321 e. The number of rotatable bonds is 3. The lowest BCUT2D eigenvalue weighted by Gasteiger charge is -2.18. The number of nitro groups is 1. The zero-order valence-corrected chi connectivity index (χ0v) is 9.04. The maximum atomic E-state index is 10.6. The van der Waals surface area contributed by atoms with Gasteiger partial charge in [0.2, 0.25) is 0 Å². The quantitative estimate of drug-likeness (QED) is 0.252. The van der Waals surface area contributed by atoms with E-state index in [1.807, 2.05) is 0 Å². The van der Waals surface area contributed by atoms with Crippen LogP contribution in [0.1, 0.15) is 5.56 Å². The molecule has 7 nitrogen and oxygen atoms in total. The molecule has 86 valence electrons. The zero-order chi connectivity index (χ0) is 12.1. The molecule has 0 radical (unpaired) electrons. The van der Waals surface area contributed by atoms with Gasteiger partial charge in [-0.2, -0.15) is 5.10 Å². The summed E-state index contributed by atoms with van der Waals surface area (Å²) in [5.41, 5.74) is 3.40.